The zero-order valence-electron chi connectivity index (χ0n) is 14.5. The molecule has 1 aliphatic rings. The molecule has 0 aromatic carbocycles. The van der Waals surface area contributed by atoms with Crippen molar-refractivity contribution in [3.63, 3.8) is 0 Å². The van der Waals surface area contributed by atoms with Crippen LogP contribution in [0.3, 0.4) is 0 Å². The molecule has 7 heteroatoms. The Kier molecular flexibility index (Phi) is 5.85. The van der Waals surface area contributed by atoms with Crippen molar-refractivity contribution in [1.82, 2.24) is 25.0 Å². The van der Waals surface area contributed by atoms with Crippen molar-refractivity contribution in [3.05, 3.63) is 34.0 Å². The van der Waals surface area contributed by atoms with Crippen LogP contribution < -0.4 is 5.32 Å². The van der Waals surface area contributed by atoms with Gasteiger partial charge in [-0.1, -0.05) is 12.5 Å². The number of aryl methyl sites for hydroxylation is 1. The van der Waals surface area contributed by atoms with Crippen molar-refractivity contribution < 1.29 is 0 Å². The molecule has 2 aromatic heterocycles. The van der Waals surface area contributed by atoms with Crippen LogP contribution in [-0.2, 0) is 25.9 Å². The third kappa shape index (κ3) is 4.14. The van der Waals surface area contributed by atoms with Crippen LogP contribution in [0.25, 0.3) is 0 Å². The molecule has 6 nitrogen and oxygen atoms in total. The summed E-state index contributed by atoms with van der Waals surface area (Å²) in [4.78, 5) is 7.96. The summed E-state index contributed by atoms with van der Waals surface area (Å²) in [6, 6.07) is 4.28. The van der Waals surface area contributed by atoms with Crippen molar-refractivity contribution in [2.45, 2.75) is 45.2 Å². The first-order valence-corrected chi connectivity index (χ1v) is 9.51. The van der Waals surface area contributed by atoms with Crippen LogP contribution in [0.2, 0.25) is 0 Å². The molecule has 2 aromatic rings. The van der Waals surface area contributed by atoms with Crippen molar-refractivity contribution in [1.29, 1.82) is 0 Å². The van der Waals surface area contributed by atoms with Gasteiger partial charge in [-0.05, 0) is 30.7 Å². The highest BCUT2D eigenvalue weighted by molar-refractivity contribution is 7.09. The first-order chi connectivity index (χ1) is 11.8. The summed E-state index contributed by atoms with van der Waals surface area (Å²) in [6.45, 7) is 2.65. The Labute approximate surface area is 147 Å². The van der Waals surface area contributed by atoms with E-state index in [1.807, 2.05) is 7.05 Å². The van der Waals surface area contributed by atoms with Crippen LogP contribution in [0.1, 0.15) is 35.8 Å². The van der Waals surface area contributed by atoms with Gasteiger partial charge in [0.2, 0.25) is 0 Å². The lowest BCUT2D eigenvalue weighted by Crippen LogP contribution is -2.40. The van der Waals surface area contributed by atoms with Gasteiger partial charge >= 0.3 is 0 Å². The van der Waals surface area contributed by atoms with Crippen molar-refractivity contribution in [2.24, 2.45) is 4.99 Å². The number of aromatic nitrogens is 3. The van der Waals surface area contributed by atoms with Crippen molar-refractivity contribution >= 4 is 17.3 Å². The molecular formula is C17H26N6S. The number of nitrogens with one attached hydrogen (secondary N) is 1. The second kappa shape index (κ2) is 8.28. The topological polar surface area (TPSA) is 58.3 Å². The number of hydrogen-bond acceptors (Lipinski definition) is 4. The lowest BCUT2D eigenvalue weighted by molar-refractivity contribution is 0.482. The fourth-order valence-corrected chi connectivity index (χ4v) is 3.76. The largest absolute Gasteiger partial charge is 0.349 e. The molecule has 0 radical (unpaired) electrons. The number of likely N-dealkylation sites (N-methyl/N-ethyl adjacent to an activating group) is 1. The van der Waals surface area contributed by atoms with E-state index in [1.54, 1.807) is 11.3 Å². The molecule has 0 unspecified atom stereocenters. The summed E-state index contributed by atoms with van der Waals surface area (Å²) < 4.78 is 2.28. The van der Waals surface area contributed by atoms with Gasteiger partial charge in [-0.3, -0.25) is 4.99 Å². The number of nitrogens with zero attached hydrogens (tertiary/aromatic N) is 5. The highest BCUT2D eigenvalue weighted by atomic mass is 32.1. The second-order valence-corrected chi connectivity index (χ2v) is 7.18. The van der Waals surface area contributed by atoms with Crippen LogP contribution in [0.5, 0.6) is 0 Å². The summed E-state index contributed by atoms with van der Waals surface area (Å²) >= 11 is 1.80. The SMILES string of the molecule is CN=C(NCc1nnc2n1CCCCC2)N(C)CCc1cccs1. The van der Waals surface area contributed by atoms with E-state index in [1.165, 1.54) is 24.1 Å². The predicted octanol–water partition coefficient (Wildman–Crippen LogP) is 2.32. The number of hydrogen-bond donors (Lipinski definition) is 1. The molecule has 1 aliphatic heterocycles. The Balaban J connectivity index is 1.55. The average Bonchev–Trinajstić information content (AvgIpc) is 3.18. The highest BCUT2D eigenvalue weighted by Gasteiger charge is 2.15. The number of thiophene rings is 1. The molecular weight excluding hydrogens is 320 g/mol. The highest BCUT2D eigenvalue weighted by Crippen LogP contribution is 2.14. The fraction of sp³-hybridized carbons (Fsp3) is 0.588. The maximum Gasteiger partial charge on any atom is 0.193 e. The molecule has 0 aliphatic carbocycles. The molecule has 0 spiro atoms. The summed E-state index contributed by atoms with van der Waals surface area (Å²) in [7, 11) is 3.90. The van der Waals surface area contributed by atoms with Crippen molar-refractivity contribution in [2.75, 3.05) is 20.6 Å². The van der Waals surface area contributed by atoms with E-state index in [-0.39, 0.29) is 0 Å². The Morgan fingerprint density at radius 3 is 3.08 bits per heavy atom. The van der Waals surface area contributed by atoms with E-state index in [4.69, 9.17) is 0 Å². The number of guanidine groups is 1. The van der Waals surface area contributed by atoms with Gasteiger partial charge < -0.3 is 14.8 Å². The number of fused-ring (bicyclic) bond motifs is 1. The molecule has 130 valence electrons. The molecule has 0 saturated carbocycles. The van der Waals surface area contributed by atoms with Gasteiger partial charge in [-0.25, -0.2) is 0 Å². The van der Waals surface area contributed by atoms with Gasteiger partial charge in [0.15, 0.2) is 11.8 Å². The second-order valence-electron chi connectivity index (χ2n) is 6.15. The van der Waals surface area contributed by atoms with Crippen LogP contribution >= 0.6 is 11.3 Å². The predicted molar refractivity (Wildman–Crippen MR) is 98.4 cm³/mol. The van der Waals surface area contributed by atoms with Gasteiger partial charge in [0.25, 0.3) is 0 Å². The summed E-state index contributed by atoms with van der Waals surface area (Å²) in [5.41, 5.74) is 0. The summed E-state index contributed by atoms with van der Waals surface area (Å²) in [6.07, 6.45) is 5.80. The first kappa shape index (κ1) is 17.0. The van der Waals surface area contributed by atoms with Crippen molar-refractivity contribution in [3.8, 4) is 0 Å². The zero-order valence-corrected chi connectivity index (χ0v) is 15.3. The lowest BCUT2D eigenvalue weighted by Gasteiger charge is -2.21. The van der Waals surface area contributed by atoms with Crippen LogP contribution in [0.15, 0.2) is 22.5 Å². The minimum atomic E-state index is 0.670. The smallest absolute Gasteiger partial charge is 0.193 e. The molecule has 0 saturated heterocycles. The molecule has 0 amide bonds. The molecule has 3 heterocycles. The molecule has 24 heavy (non-hydrogen) atoms. The lowest BCUT2D eigenvalue weighted by atomic mass is 10.2. The van der Waals surface area contributed by atoms with E-state index in [2.05, 4.69) is 54.5 Å². The summed E-state index contributed by atoms with van der Waals surface area (Å²) in [5, 5.41) is 14.3. The molecule has 0 atom stereocenters. The summed E-state index contributed by atoms with van der Waals surface area (Å²) in [5.74, 6) is 3.04. The number of aliphatic imine (C=N–C) groups is 1. The average molecular weight is 347 g/mol. The maximum atomic E-state index is 4.40. The van der Waals surface area contributed by atoms with Gasteiger partial charge in [-0.2, -0.15) is 0 Å². The van der Waals surface area contributed by atoms with Gasteiger partial charge in [0, 0.05) is 38.5 Å². The molecule has 3 rings (SSSR count). The first-order valence-electron chi connectivity index (χ1n) is 8.63. The number of rotatable bonds is 5. The third-order valence-corrected chi connectivity index (χ3v) is 5.37. The zero-order chi connectivity index (χ0) is 16.8. The van der Waals surface area contributed by atoms with E-state index >= 15 is 0 Å². The fourth-order valence-electron chi connectivity index (χ4n) is 3.06. The molecule has 1 N–H and O–H groups in total. The quantitative estimate of drug-likeness (QED) is 0.667. The van der Waals surface area contributed by atoms with E-state index in [0.29, 0.717) is 6.54 Å². The van der Waals surface area contributed by atoms with Gasteiger partial charge in [0.05, 0.1) is 6.54 Å². The third-order valence-electron chi connectivity index (χ3n) is 4.44. The monoisotopic (exact) mass is 346 g/mol. The standard InChI is InChI=1S/C17H26N6S/c1-18-17(22(2)11-9-14-7-6-12-24-14)19-13-16-21-20-15-8-4-3-5-10-23(15)16/h6-7,12H,3-5,8-11,13H2,1-2H3,(H,18,19). The Morgan fingerprint density at radius 1 is 1.38 bits per heavy atom. The van der Waals surface area contributed by atoms with Gasteiger partial charge in [-0.15, -0.1) is 21.5 Å². The Morgan fingerprint density at radius 2 is 2.29 bits per heavy atom. The van der Waals surface area contributed by atoms with Crippen LogP contribution in [0.4, 0.5) is 0 Å². The van der Waals surface area contributed by atoms with E-state index < -0.39 is 0 Å². The molecule has 0 bridgehead atoms. The van der Waals surface area contributed by atoms with Crippen LogP contribution in [-0.4, -0.2) is 46.3 Å². The Hall–Kier alpha value is -1.89. The van der Waals surface area contributed by atoms with E-state index in [0.717, 1.165) is 43.5 Å². The minimum absolute atomic E-state index is 0.670. The minimum Gasteiger partial charge on any atom is -0.349 e. The molecule has 0 fully saturated rings. The maximum absolute atomic E-state index is 4.40. The normalized spacial score (nSPS) is 15.0. The van der Waals surface area contributed by atoms with E-state index in [9.17, 15) is 0 Å². The van der Waals surface area contributed by atoms with Crippen LogP contribution in [0, 0.1) is 0 Å². The van der Waals surface area contributed by atoms with Gasteiger partial charge in [0.1, 0.15) is 5.82 Å². The Bertz CT molecular complexity index is 661.